The average Bonchev–Trinajstić information content (AvgIpc) is 2.44. The minimum Gasteiger partial charge on any atom is -0.465 e. The lowest BCUT2D eigenvalue weighted by atomic mass is 10.1. The Hall–Kier alpha value is -1.72. The van der Waals surface area contributed by atoms with Gasteiger partial charge in [-0.2, -0.15) is 0 Å². The number of hydrogen-bond acceptors (Lipinski definition) is 3. The Balaban J connectivity index is 2.46. The molecule has 0 saturated carbocycles. The molecule has 0 bridgehead atoms. The van der Waals surface area contributed by atoms with E-state index in [-0.39, 0.29) is 5.97 Å². The normalized spacial score (nSPS) is 12.6. The maximum Gasteiger partial charge on any atom is 0.337 e. The number of fused-ring (bicyclic) bond motifs is 1. The standard InChI is InChI=1S/C14H15NO3S/c1-15(2)19(17)13-7-6-10-8-12(14(16)18-3)5-4-11(10)9-13/h4-9H,1-3H3. The van der Waals surface area contributed by atoms with Crippen molar-refractivity contribution in [2.75, 3.05) is 21.2 Å². The third-order valence-corrected chi connectivity index (χ3v) is 4.09. The second kappa shape index (κ2) is 5.50. The van der Waals surface area contributed by atoms with Crippen LogP contribution in [0.25, 0.3) is 10.8 Å². The van der Waals surface area contributed by atoms with E-state index in [1.54, 1.807) is 36.6 Å². The van der Waals surface area contributed by atoms with Crippen molar-refractivity contribution in [3.63, 3.8) is 0 Å². The van der Waals surface area contributed by atoms with Crippen LogP contribution in [-0.2, 0) is 15.7 Å². The molecule has 0 spiro atoms. The largest absolute Gasteiger partial charge is 0.465 e. The van der Waals surface area contributed by atoms with E-state index in [0.29, 0.717) is 5.56 Å². The zero-order valence-electron chi connectivity index (χ0n) is 11.0. The van der Waals surface area contributed by atoms with Crippen molar-refractivity contribution in [2.45, 2.75) is 4.90 Å². The molecule has 0 heterocycles. The number of benzene rings is 2. The highest BCUT2D eigenvalue weighted by atomic mass is 32.2. The predicted molar refractivity (Wildman–Crippen MR) is 75.4 cm³/mol. The minimum atomic E-state index is -1.17. The number of rotatable bonds is 3. The summed E-state index contributed by atoms with van der Waals surface area (Å²) in [4.78, 5) is 12.2. The molecule has 0 aliphatic rings. The van der Waals surface area contributed by atoms with E-state index < -0.39 is 11.0 Å². The summed E-state index contributed by atoms with van der Waals surface area (Å²) in [6.45, 7) is 0. The molecule has 1 unspecified atom stereocenters. The second-order valence-corrected chi connectivity index (χ2v) is 5.98. The van der Waals surface area contributed by atoms with Gasteiger partial charge in [0.1, 0.15) is 11.0 Å². The summed E-state index contributed by atoms with van der Waals surface area (Å²) >= 11 is 0. The molecule has 0 saturated heterocycles. The van der Waals surface area contributed by atoms with E-state index >= 15 is 0 Å². The highest BCUT2D eigenvalue weighted by Gasteiger charge is 2.09. The first-order chi connectivity index (χ1) is 9.02. The lowest BCUT2D eigenvalue weighted by Gasteiger charge is -2.10. The van der Waals surface area contributed by atoms with Crippen LogP contribution in [0.3, 0.4) is 0 Å². The van der Waals surface area contributed by atoms with Crippen LogP contribution in [0.1, 0.15) is 10.4 Å². The van der Waals surface area contributed by atoms with Crippen LogP contribution in [-0.4, -0.2) is 35.7 Å². The second-order valence-electron chi connectivity index (χ2n) is 4.28. The molecule has 19 heavy (non-hydrogen) atoms. The number of carbonyl (C=O) groups is 1. The van der Waals surface area contributed by atoms with Gasteiger partial charge in [0.25, 0.3) is 0 Å². The van der Waals surface area contributed by atoms with Crippen molar-refractivity contribution >= 4 is 27.7 Å². The molecule has 0 N–H and O–H groups in total. The Morgan fingerprint density at radius 2 is 1.74 bits per heavy atom. The first-order valence-electron chi connectivity index (χ1n) is 5.74. The molecule has 4 nitrogen and oxygen atoms in total. The Kier molecular flexibility index (Phi) is 3.97. The summed E-state index contributed by atoms with van der Waals surface area (Å²) in [5, 5.41) is 1.86. The van der Waals surface area contributed by atoms with Crippen LogP contribution >= 0.6 is 0 Å². The van der Waals surface area contributed by atoms with Gasteiger partial charge in [-0.1, -0.05) is 12.1 Å². The van der Waals surface area contributed by atoms with E-state index in [2.05, 4.69) is 4.74 Å². The molecular weight excluding hydrogens is 262 g/mol. The van der Waals surface area contributed by atoms with Crippen LogP contribution in [0, 0.1) is 0 Å². The van der Waals surface area contributed by atoms with E-state index in [0.717, 1.165) is 15.7 Å². The third-order valence-electron chi connectivity index (χ3n) is 2.77. The van der Waals surface area contributed by atoms with Crippen molar-refractivity contribution in [2.24, 2.45) is 0 Å². The zero-order valence-corrected chi connectivity index (χ0v) is 11.9. The number of carbonyl (C=O) groups excluding carboxylic acids is 1. The molecule has 0 fully saturated rings. The third kappa shape index (κ3) is 2.83. The maximum absolute atomic E-state index is 12.0. The number of nitrogens with zero attached hydrogens (tertiary/aromatic N) is 1. The Labute approximate surface area is 114 Å². The summed E-state index contributed by atoms with van der Waals surface area (Å²) in [6.07, 6.45) is 0. The lowest BCUT2D eigenvalue weighted by Crippen LogP contribution is -2.15. The summed E-state index contributed by atoms with van der Waals surface area (Å²) in [6, 6.07) is 10.8. The fraction of sp³-hybridized carbons (Fsp3) is 0.214. The molecule has 2 aromatic carbocycles. The molecule has 2 aromatic rings. The van der Waals surface area contributed by atoms with Gasteiger partial charge < -0.3 is 4.74 Å². The number of ether oxygens (including phenoxy) is 1. The molecule has 0 aliphatic heterocycles. The molecule has 5 heteroatoms. The Morgan fingerprint density at radius 1 is 1.11 bits per heavy atom. The van der Waals surface area contributed by atoms with Crippen LogP contribution in [0.2, 0.25) is 0 Å². The van der Waals surface area contributed by atoms with Crippen molar-refractivity contribution in [3.8, 4) is 0 Å². The van der Waals surface area contributed by atoms with Crippen molar-refractivity contribution in [3.05, 3.63) is 42.0 Å². The average molecular weight is 277 g/mol. The van der Waals surface area contributed by atoms with Gasteiger partial charge in [0.05, 0.1) is 17.6 Å². The number of hydrogen-bond donors (Lipinski definition) is 0. The molecule has 100 valence electrons. The van der Waals surface area contributed by atoms with Gasteiger partial charge in [0, 0.05) is 0 Å². The fourth-order valence-corrected chi connectivity index (χ4v) is 2.62. The Bertz CT molecular complexity index is 652. The Morgan fingerprint density at radius 3 is 2.37 bits per heavy atom. The topological polar surface area (TPSA) is 46.6 Å². The highest BCUT2D eigenvalue weighted by Crippen LogP contribution is 2.20. The monoisotopic (exact) mass is 277 g/mol. The molecule has 2 rings (SSSR count). The van der Waals surface area contributed by atoms with Gasteiger partial charge in [0.2, 0.25) is 0 Å². The van der Waals surface area contributed by atoms with Crippen molar-refractivity contribution < 1.29 is 13.7 Å². The smallest absolute Gasteiger partial charge is 0.337 e. The zero-order chi connectivity index (χ0) is 14.0. The summed E-state index contributed by atoms with van der Waals surface area (Å²) in [5.41, 5.74) is 0.511. The van der Waals surface area contributed by atoms with Crippen LogP contribution < -0.4 is 0 Å². The van der Waals surface area contributed by atoms with Gasteiger partial charge in [-0.25, -0.2) is 13.3 Å². The van der Waals surface area contributed by atoms with Crippen molar-refractivity contribution in [1.29, 1.82) is 0 Å². The van der Waals surface area contributed by atoms with Gasteiger partial charge in [0.15, 0.2) is 0 Å². The molecule has 0 aliphatic carbocycles. The molecule has 0 radical (unpaired) electrons. The molecule has 1 atom stereocenters. The summed E-state index contributed by atoms with van der Waals surface area (Å²) in [5.74, 6) is -0.358. The minimum absolute atomic E-state index is 0.358. The number of methoxy groups -OCH3 is 1. The van der Waals surface area contributed by atoms with E-state index in [1.165, 1.54) is 7.11 Å². The fourth-order valence-electron chi connectivity index (χ4n) is 1.79. The lowest BCUT2D eigenvalue weighted by molar-refractivity contribution is 0.0601. The van der Waals surface area contributed by atoms with Crippen LogP contribution in [0.4, 0.5) is 0 Å². The molecular formula is C14H15NO3S. The predicted octanol–water partition coefficient (Wildman–Crippen LogP) is 2.21. The van der Waals surface area contributed by atoms with Gasteiger partial charge in [-0.3, -0.25) is 0 Å². The summed E-state index contributed by atoms with van der Waals surface area (Å²) in [7, 11) is 3.72. The van der Waals surface area contributed by atoms with Crippen LogP contribution in [0.5, 0.6) is 0 Å². The quantitative estimate of drug-likeness (QED) is 0.808. The SMILES string of the molecule is COC(=O)c1ccc2cc(S(=O)N(C)C)ccc2c1. The summed E-state index contributed by atoms with van der Waals surface area (Å²) < 4.78 is 18.3. The van der Waals surface area contributed by atoms with Gasteiger partial charge in [-0.05, 0) is 49.1 Å². The van der Waals surface area contributed by atoms with Crippen molar-refractivity contribution in [1.82, 2.24) is 4.31 Å². The highest BCUT2D eigenvalue weighted by molar-refractivity contribution is 7.82. The van der Waals surface area contributed by atoms with E-state index in [9.17, 15) is 9.00 Å². The maximum atomic E-state index is 12.0. The van der Waals surface area contributed by atoms with Gasteiger partial charge in [-0.15, -0.1) is 0 Å². The van der Waals surface area contributed by atoms with Crippen LogP contribution in [0.15, 0.2) is 41.3 Å². The van der Waals surface area contributed by atoms with E-state index in [4.69, 9.17) is 0 Å². The molecule has 0 amide bonds. The van der Waals surface area contributed by atoms with E-state index in [1.807, 2.05) is 18.2 Å². The molecule has 0 aromatic heterocycles. The van der Waals surface area contributed by atoms with Gasteiger partial charge >= 0.3 is 5.97 Å². The first kappa shape index (κ1) is 13.7. The number of esters is 1. The first-order valence-corrected chi connectivity index (χ1v) is 6.85.